The lowest BCUT2D eigenvalue weighted by Gasteiger charge is -2.56. The maximum absolute atomic E-state index is 12.8. The van der Waals surface area contributed by atoms with Crippen LogP contribution in [0.25, 0.3) is 0 Å². The second-order valence-electron chi connectivity index (χ2n) is 6.94. The first-order valence-corrected chi connectivity index (χ1v) is 8.56. The molecule has 2 aliphatic rings. The molecule has 1 saturated carbocycles. The minimum absolute atomic E-state index is 0.0495. The van der Waals surface area contributed by atoms with E-state index in [9.17, 15) is 9.90 Å². The van der Waals surface area contributed by atoms with Gasteiger partial charge in [-0.3, -0.25) is 4.79 Å². The molecule has 0 bridgehead atoms. The van der Waals surface area contributed by atoms with Crippen LogP contribution in [-0.2, 0) is 4.74 Å². The van der Waals surface area contributed by atoms with Crippen LogP contribution in [0.3, 0.4) is 0 Å². The summed E-state index contributed by atoms with van der Waals surface area (Å²) in [6, 6.07) is 0. The quantitative estimate of drug-likeness (QED) is 0.929. The molecule has 23 heavy (non-hydrogen) atoms. The lowest BCUT2D eigenvalue weighted by Crippen LogP contribution is -2.62. The van der Waals surface area contributed by atoms with Gasteiger partial charge in [-0.05, 0) is 40.5 Å². The van der Waals surface area contributed by atoms with E-state index < -0.39 is 0 Å². The van der Waals surface area contributed by atoms with Crippen molar-refractivity contribution >= 4 is 5.91 Å². The van der Waals surface area contributed by atoms with E-state index in [0.717, 1.165) is 30.6 Å². The topological polar surface area (TPSA) is 62.9 Å². The van der Waals surface area contributed by atoms with Gasteiger partial charge in [0.15, 0.2) is 0 Å². The minimum atomic E-state index is -0.295. The molecule has 5 heteroatoms. The fraction of sp³-hybridized carbons (Fsp3) is 0.722. The van der Waals surface area contributed by atoms with Crippen LogP contribution in [0, 0.1) is 26.2 Å². The second kappa shape index (κ2) is 5.95. The van der Waals surface area contributed by atoms with Gasteiger partial charge in [0, 0.05) is 37.1 Å². The van der Waals surface area contributed by atoms with Gasteiger partial charge < -0.3 is 19.2 Å². The zero-order chi connectivity index (χ0) is 16.8. The molecule has 1 spiro atoms. The average molecular weight is 321 g/mol. The smallest absolute Gasteiger partial charge is 0.257 e. The van der Waals surface area contributed by atoms with Gasteiger partial charge in [0.1, 0.15) is 11.5 Å². The molecule has 3 rings (SSSR count). The Morgan fingerprint density at radius 2 is 1.96 bits per heavy atom. The number of hydrogen-bond acceptors (Lipinski definition) is 4. The standard InChI is InChI=1S/C18H27NO4/c1-5-22-15-10-14(20)18(15)6-8-19(9-7-18)17(21)16-11(2)12(3)23-13(16)4/h14-15,20H,5-10H2,1-4H3/t14-,15+/m1/s1. The Morgan fingerprint density at radius 3 is 2.43 bits per heavy atom. The number of nitrogens with zero attached hydrogens (tertiary/aromatic N) is 1. The Hall–Kier alpha value is -1.33. The van der Waals surface area contributed by atoms with Crippen LogP contribution in [0.5, 0.6) is 0 Å². The Labute approximate surface area is 137 Å². The highest BCUT2D eigenvalue weighted by molar-refractivity contribution is 5.97. The Morgan fingerprint density at radius 1 is 1.30 bits per heavy atom. The third kappa shape index (κ3) is 2.50. The van der Waals surface area contributed by atoms with Gasteiger partial charge in [0.2, 0.25) is 0 Å². The van der Waals surface area contributed by atoms with Crippen molar-refractivity contribution in [2.75, 3.05) is 19.7 Å². The number of ether oxygens (including phenoxy) is 1. The molecule has 128 valence electrons. The van der Waals surface area contributed by atoms with Crippen LogP contribution in [0.1, 0.15) is 53.6 Å². The summed E-state index contributed by atoms with van der Waals surface area (Å²) in [6.07, 6.45) is 2.18. The molecule has 1 aromatic heterocycles. The van der Waals surface area contributed by atoms with Crippen LogP contribution in [0.15, 0.2) is 4.42 Å². The summed E-state index contributed by atoms with van der Waals surface area (Å²) < 4.78 is 11.4. The van der Waals surface area contributed by atoms with Gasteiger partial charge in [0.25, 0.3) is 5.91 Å². The number of carbonyl (C=O) groups is 1. The van der Waals surface area contributed by atoms with Gasteiger partial charge in [0.05, 0.1) is 17.8 Å². The number of likely N-dealkylation sites (tertiary alicyclic amines) is 1. The molecule has 1 saturated heterocycles. The summed E-state index contributed by atoms with van der Waals surface area (Å²) in [6.45, 7) is 9.68. The largest absolute Gasteiger partial charge is 0.466 e. The van der Waals surface area contributed by atoms with Gasteiger partial charge in [-0.25, -0.2) is 0 Å². The summed E-state index contributed by atoms with van der Waals surface area (Å²) in [5.41, 5.74) is 1.49. The molecule has 2 heterocycles. The summed E-state index contributed by atoms with van der Waals surface area (Å²) in [5, 5.41) is 10.3. The van der Waals surface area contributed by atoms with Crippen LogP contribution in [-0.4, -0.2) is 47.8 Å². The molecular formula is C18H27NO4. The van der Waals surface area contributed by atoms with Crippen LogP contribution in [0.2, 0.25) is 0 Å². The van der Waals surface area contributed by atoms with Gasteiger partial charge in [-0.1, -0.05) is 0 Å². The first-order valence-electron chi connectivity index (χ1n) is 8.56. The average Bonchev–Trinajstić information content (AvgIpc) is 2.79. The monoisotopic (exact) mass is 321 g/mol. The lowest BCUT2D eigenvalue weighted by molar-refractivity contribution is -0.207. The van der Waals surface area contributed by atoms with Gasteiger partial charge >= 0.3 is 0 Å². The molecule has 1 N–H and O–H groups in total. The Balaban J connectivity index is 1.70. The molecule has 1 aliphatic heterocycles. The zero-order valence-electron chi connectivity index (χ0n) is 14.5. The van der Waals surface area contributed by atoms with Crippen molar-refractivity contribution in [2.45, 2.75) is 59.2 Å². The molecule has 0 unspecified atom stereocenters. The normalized spacial score (nSPS) is 26.4. The summed E-state index contributed by atoms with van der Waals surface area (Å²) in [5.74, 6) is 1.56. The molecule has 1 aromatic rings. The number of aliphatic hydroxyl groups is 1. The zero-order valence-corrected chi connectivity index (χ0v) is 14.5. The Kier molecular flexibility index (Phi) is 4.27. The van der Waals surface area contributed by atoms with Crippen LogP contribution >= 0.6 is 0 Å². The Bertz CT molecular complexity index is 596. The van der Waals surface area contributed by atoms with E-state index in [1.807, 2.05) is 32.6 Å². The molecule has 2 atom stereocenters. The van der Waals surface area contributed by atoms with Gasteiger partial charge in [-0.15, -0.1) is 0 Å². The summed E-state index contributed by atoms with van der Waals surface area (Å²) in [4.78, 5) is 14.7. The van der Waals surface area contributed by atoms with E-state index in [0.29, 0.717) is 31.0 Å². The third-order valence-electron chi connectivity index (χ3n) is 5.87. The maximum Gasteiger partial charge on any atom is 0.257 e. The van der Waals surface area contributed by atoms with Crippen molar-refractivity contribution in [3.63, 3.8) is 0 Å². The number of aliphatic hydroxyl groups excluding tert-OH is 1. The summed E-state index contributed by atoms with van der Waals surface area (Å²) in [7, 11) is 0. The third-order valence-corrected chi connectivity index (χ3v) is 5.87. The number of carbonyl (C=O) groups excluding carboxylic acids is 1. The number of furan rings is 1. The molecule has 1 aliphatic carbocycles. The highest BCUT2D eigenvalue weighted by atomic mass is 16.5. The summed E-state index contributed by atoms with van der Waals surface area (Å²) >= 11 is 0. The van der Waals surface area contributed by atoms with E-state index in [4.69, 9.17) is 9.15 Å². The van der Waals surface area contributed by atoms with Crippen molar-refractivity contribution in [1.82, 2.24) is 4.90 Å². The molecule has 0 radical (unpaired) electrons. The number of rotatable bonds is 3. The van der Waals surface area contributed by atoms with E-state index in [1.165, 1.54) is 0 Å². The van der Waals surface area contributed by atoms with Gasteiger partial charge in [-0.2, -0.15) is 0 Å². The number of amides is 1. The highest BCUT2D eigenvalue weighted by Gasteiger charge is 2.56. The molecule has 1 amide bonds. The second-order valence-corrected chi connectivity index (χ2v) is 6.94. The first kappa shape index (κ1) is 16.5. The van der Waals surface area contributed by atoms with Crippen molar-refractivity contribution in [1.29, 1.82) is 0 Å². The fourth-order valence-corrected chi connectivity index (χ4v) is 4.21. The van der Waals surface area contributed by atoms with Crippen molar-refractivity contribution in [3.05, 3.63) is 22.6 Å². The maximum atomic E-state index is 12.8. The van der Waals surface area contributed by atoms with E-state index >= 15 is 0 Å². The SMILES string of the molecule is CCO[C@H]1C[C@@H](O)C12CCN(C(=O)c1c(C)oc(C)c1C)CC2. The highest BCUT2D eigenvalue weighted by Crippen LogP contribution is 2.51. The number of hydrogen-bond donors (Lipinski definition) is 1. The van der Waals surface area contributed by atoms with Crippen LogP contribution < -0.4 is 0 Å². The van der Waals surface area contributed by atoms with E-state index in [2.05, 4.69) is 0 Å². The predicted molar refractivity (Wildman–Crippen MR) is 86.5 cm³/mol. The predicted octanol–water partition coefficient (Wildman–Crippen LogP) is 2.60. The van der Waals surface area contributed by atoms with E-state index in [-0.39, 0.29) is 23.5 Å². The van der Waals surface area contributed by atoms with Crippen molar-refractivity contribution in [3.8, 4) is 0 Å². The lowest BCUT2D eigenvalue weighted by atomic mass is 9.58. The van der Waals surface area contributed by atoms with Crippen LogP contribution in [0.4, 0.5) is 0 Å². The molecule has 0 aromatic carbocycles. The van der Waals surface area contributed by atoms with Crippen molar-refractivity contribution in [2.24, 2.45) is 5.41 Å². The minimum Gasteiger partial charge on any atom is -0.466 e. The molecule has 2 fully saturated rings. The van der Waals surface area contributed by atoms with Crippen molar-refractivity contribution < 1.29 is 19.1 Å². The number of aryl methyl sites for hydroxylation is 2. The first-order chi connectivity index (χ1) is 10.9. The molecule has 5 nitrogen and oxygen atoms in total. The van der Waals surface area contributed by atoms with E-state index in [1.54, 1.807) is 0 Å². The number of piperidine rings is 1. The fourth-order valence-electron chi connectivity index (χ4n) is 4.21. The molecular weight excluding hydrogens is 294 g/mol.